The third-order valence-electron chi connectivity index (χ3n) is 2.33. The molecule has 0 bridgehead atoms. The molecule has 0 aromatic rings. The van der Waals surface area contributed by atoms with Gasteiger partial charge in [0.15, 0.2) is 0 Å². The van der Waals surface area contributed by atoms with Crippen LogP contribution in [0, 0.1) is 5.41 Å². The Morgan fingerprint density at radius 2 is 1.47 bits per heavy atom. The SMILES string of the molecule is CNC(=O)C(C)(CCC(F)(F)F)CC(F)(F)F. The Hall–Kier alpha value is -0.950. The molecule has 1 N–H and O–H groups in total. The molecule has 0 spiro atoms. The smallest absolute Gasteiger partial charge is 0.359 e. The number of carbonyl (C=O) groups excluding carboxylic acids is 1. The molecule has 2 nitrogen and oxygen atoms in total. The highest BCUT2D eigenvalue weighted by atomic mass is 19.4. The number of hydrogen-bond acceptors (Lipinski definition) is 1. The van der Waals surface area contributed by atoms with Crippen LogP contribution >= 0.6 is 0 Å². The fraction of sp³-hybridized carbons (Fsp3) is 0.889. The summed E-state index contributed by atoms with van der Waals surface area (Å²) in [7, 11) is 1.09. The molecule has 0 heterocycles. The summed E-state index contributed by atoms with van der Waals surface area (Å²) in [6.45, 7) is 0.880. The van der Waals surface area contributed by atoms with Gasteiger partial charge in [-0.15, -0.1) is 0 Å². The van der Waals surface area contributed by atoms with Crippen molar-refractivity contribution < 1.29 is 31.1 Å². The molecule has 0 fully saturated rings. The summed E-state index contributed by atoms with van der Waals surface area (Å²) in [4.78, 5) is 11.2. The van der Waals surface area contributed by atoms with E-state index in [1.807, 2.05) is 5.32 Å². The van der Waals surface area contributed by atoms with Crippen molar-refractivity contribution in [2.24, 2.45) is 5.41 Å². The van der Waals surface area contributed by atoms with Crippen LogP contribution in [-0.4, -0.2) is 25.3 Å². The number of rotatable bonds is 4. The zero-order valence-corrected chi connectivity index (χ0v) is 9.30. The van der Waals surface area contributed by atoms with E-state index in [4.69, 9.17) is 0 Å². The van der Waals surface area contributed by atoms with E-state index in [1.165, 1.54) is 0 Å². The summed E-state index contributed by atoms with van der Waals surface area (Å²) < 4.78 is 72.5. The second kappa shape index (κ2) is 5.14. The van der Waals surface area contributed by atoms with Crippen LogP contribution in [0.2, 0.25) is 0 Å². The first-order chi connectivity index (χ1) is 7.40. The number of alkyl halides is 6. The lowest BCUT2D eigenvalue weighted by Crippen LogP contribution is -2.41. The normalized spacial score (nSPS) is 16.5. The summed E-state index contributed by atoms with van der Waals surface area (Å²) in [6.07, 6.45) is -13.2. The van der Waals surface area contributed by atoms with E-state index in [0.29, 0.717) is 0 Å². The third-order valence-corrected chi connectivity index (χ3v) is 2.33. The van der Waals surface area contributed by atoms with Crippen LogP contribution in [0.15, 0.2) is 0 Å². The van der Waals surface area contributed by atoms with E-state index < -0.39 is 42.9 Å². The molecule has 1 atom stereocenters. The number of halogens is 6. The zero-order chi connectivity index (χ0) is 13.9. The van der Waals surface area contributed by atoms with E-state index in [0.717, 1.165) is 14.0 Å². The standard InChI is InChI=1S/C9H13F6NO/c1-7(6(17)16-2,5-9(13,14)15)3-4-8(10,11)12/h3-5H2,1-2H3,(H,16,17). The topological polar surface area (TPSA) is 29.1 Å². The Morgan fingerprint density at radius 3 is 1.76 bits per heavy atom. The Bertz CT molecular complexity index is 272. The molecule has 0 aromatic heterocycles. The number of amides is 1. The Kier molecular flexibility index (Phi) is 4.85. The lowest BCUT2D eigenvalue weighted by atomic mass is 9.80. The molecule has 0 aliphatic rings. The van der Waals surface area contributed by atoms with Crippen molar-refractivity contribution in [3.8, 4) is 0 Å². The van der Waals surface area contributed by atoms with Gasteiger partial charge in [0.25, 0.3) is 0 Å². The number of carbonyl (C=O) groups is 1. The van der Waals surface area contributed by atoms with Crippen molar-refractivity contribution in [2.75, 3.05) is 7.05 Å². The molecule has 0 aromatic carbocycles. The molecule has 0 radical (unpaired) electrons. The van der Waals surface area contributed by atoms with E-state index in [2.05, 4.69) is 0 Å². The van der Waals surface area contributed by atoms with Crippen LogP contribution in [0.25, 0.3) is 0 Å². The first kappa shape index (κ1) is 16.1. The van der Waals surface area contributed by atoms with Gasteiger partial charge in [-0.2, -0.15) is 26.3 Å². The Morgan fingerprint density at radius 1 is 1.00 bits per heavy atom. The lowest BCUT2D eigenvalue weighted by Gasteiger charge is -2.29. The number of nitrogens with one attached hydrogen (secondary N) is 1. The average Bonchev–Trinajstić information content (AvgIpc) is 2.09. The molecule has 8 heteroatoms. The molecule has 0 saturated carbocycles. The quantitative estimate of drug-likeness (QED) is 0.778. The predicted octanol–water partition coefficient (Wildman–Crippen LogP) is 3.03. The summed E-state index contributed by atoms with van der Waals surface area (Å²) in [5, 5.41) is 1.96. The van der Waals surface area contributed by atoms with Gasteiger partial charge < -0.3 is 5.32 Å². The summed E-state index contributed by atoms with van der Waals surface area (Å²) in [5.41, 5.74) is -2.09. The minimum atomic E-state index is -4.69. The fourth-order valence-corrected chi connectivity index (χ4v) is 1.44. The van der Waals surface area contributed by atoms with Crippen LogP contribution in [-0.2, 0) is 4.79 Å². The van der Waals surface area contributed by atoms with Crippen LogP contribution < -0.4 is 5.32 Å². The minimum absolute atomic E-state index is 0.880. The third kappa shape index (κ3) is 6.38. The summed E-state index contributed by atoms with van der Waals surface area (Å²) >= 11 is 0. The van der Waals surface area contributed by atoms with Gasteiger partial charge in [0, 0.05) is 13.5 Å². The second-order valence-corrected chi connectivity index (χ2v) is 4.05. The average molecular weight is 265 g/mol. The van der Waals surface area contributed by atoms with E-state index in [1.54, 1.807) is 0 Å². The van der Waals surface area contributed by atoms with Crippen molar-refractivity contribution in [1.82, 2.24) is 5.32 Å². The van der Waals surface area contributed by atoms with Gasteiger partial charge in [-0.3, -0.25) is 4.79 Å². The maximum Gasteiger partial charge on any atom is 0.390 e. The molecule has 1 unspecified atom stereocenters. The fourth-order valence-electron chi connectivity index (χ4n) is 1.44. The van der Waals surface area contributed by atoms with Crippen molar-refractivity contribution in [3.63, 3.8) is 0 Å². The molecule has 0 aliphatic carbocycles. The van der Waals surface area contributed by atoms with Crippen LogP contribution in [0.3, 0.4) is 0 Å². The zero-order valence-electron chi connectivity index (χ0n) is 9.30. The summed E-state index contributed by atoms with van der Waals surface area (Å²) in [5.74, 6) is -1.04. The van der Waals surface area contributed by atoms with Crippen LogP contribution in [0.5, 0.6) is 0 Å². The first-order valence-electron chi connectivity index (χ1n) is 4.75. The van der Waals surface area contributed by atoms with E-state index in [-0.39, 0.29) is 0 Å². The molecular weight excluding hydrogens is 252 g/mol. The van der Waals surface area contributed by atoms with Gasteiger partial charge in [-0.25, -0.2) is 0 Å². The molecule has 0 aliphatic heterocycles. The lowest BCUT2D eigenvalue weighted by molar-refractivity contribution is -0.176. The largest absolute Gasteiger partial charge is 0.390 e. The van der Waals surface area contributed by atoms with Gasteiger partial charge in [-0.1, -0.05) is 6.92 Å². The van der Waals surface area contributed by atoms with Crippen molar-refractivity contribution in [2.45, 2.75) is 38.5 Å². The highest BCUT2D eigenvalue weighted by Crippen LogP contribution is 2.39. The number of hydrogen-bond donors (Lipinski definition) is 1. The van der Waals surface area contributed by atoms with Gasteiger partial charge >= 0.3 is 12.4 Å². The Labute approximate surface area is 94.4 Å². The molecular formula is C9H13F6NO. The Balaban J connectivity index is 4.80. The maximum absolute atomic E-state index is 12.2. The van der Waals surface area contributed by atoms with E-state index >= 15 is 0 Å². The van der Waals surface area contributed by atoms with Gasteiger partial charge in [0.1, 0.15) is 0 Å². The maximum atomic E-state index is 12.2. The van der Waals surface area contributed by atoms with Crippen LogP contribution in [0.4, 0.5) is 26.3 Å². The highest BCUT2D eigenvalue weighted by Gasteiger charge is 2.45. The second-order valence-electron chi connectivity index (χ2n) is 4.05. The molecule has 17 heavy (non-hydrogen) atoms. The monoisotopic (exact) mass is 265 g/mol. The van der Waals surface area contributed by atoms with Crippen molar-refractivity contribution in [1.29, 1.82) is 0 Å². The molecule has 1 amide bonds. The van der Waals surface area contributed by atoms with Crippen molar-refractivity contribution >= 4 is 5.91 Å². The predicted molar refractivity (Wildman–Crippen MR) is 48.1 cm³/mol. The summed E-state index contributed by atoms with van der Waals surface area (Å²) in [6, 6.07) is 0. The van der Waals surface area contributed by atoms with Gasteiger partial charge in [-0.05, 0) is 6.42 Å². The van der Waals surface area contributed by atoms with Crippen molar-refractivity contribution in [3.05, 3.63) is 0 Å². The van der Waals surface area contributed by atoms with Gasteiger partial charge in [0.2, 0.25) is 5.91 Å². The highest BCUT2D eigenvalue weighted by molar-refractivity contribution is 5.81. The van der Waals surface area contributed by atoms with Gasteiger partial charge in [0.05, 0.1) is 11.8 Å². The molecule has 102 valence electrons. The van der Waals surface area contributed by atoms with Crippen LogP contribution in [0.1, 0.15) is 26.2 Å². The minimum Gasteiger partial charge on any atom is -0.359 e. The molecule has 0 rings (SSSR count). The molecule has 0 saturated heterocycles. The van der Waals surface area contributed by atoms with E-state index in [9.17, 15) is 31.1 Å². The first-order valence-corrected chi connectivity index (χ1v) is 4.75.